The minimum Gasteiger partial charge on any atom is -0.380 e. The molecule has 0 bridgehead atoms. The molecule has 0 aliphatic rings. The van der Waals surface area contributed by atoms with E-state index in [1.165, 1.54) is 5.56 Å². The number of hydrogen-bond donors (Lipinski definition) is 1. The van der Waals surface area contributed by atoms with Gasteiger partial charge >= 0.3 is 0 Å². The third-order valence-electron chi connectivity index (χ3n) is 2.93. The van der Waals surface area contributed by atoms with Crippen molar-refractivity contribution in [1.29, 1.82) is 0 Å². The Morgan fingerprint density at radius 2 is 2.13 bits per heavy atom. The van der Waals surface area contributed by atoms with E-state index in [9.17, 15) is 0 Å². The monoisotopic (exact) mass is 227 g/mol. The molecule has 3 heteroatoms. The first-order valence-electron chi connectivity index (χ1n) is 5.43. The molecule has 1 N–H and O–H groups in total. The fourth-order valence-corrected chi connectivity index (χ4v) is 2.19. The van der Waals surface area contributed by atoms with Gasteiger partial charge < -0.3 is 10.1 Å². The van der Waals surface area contributed by atoms with E-state index in [0.29, 0.717) is 12.0 Å². The van der Waals surface area contributed by atoms with Crippen LogP contribution in [0.2, 0.25) is 0 Å². The van der Waals surface area contributed by atoms with Crippen LogP contribution in [0, 0.1) is 0 Å². The Bertz CT molecular complexity index is 261. The molecule has 15 heavy (non-hydrogen) atoms. The fraction of sp³-hybridized carbons (Fsp3) is 0.667. The minimum absolute atomic E-state index is 0.264. The van der Waals surface area contributed by atoms with E-state index in [0.717, 1.165) is 6.54 Å². The van der Waals surface area contributed by atoms with Gasteiger partial charge in [0.15, 0.2) is 0 Å². The molecule has 0 radical (unpaired) electrons. The first-order chi connectivity index (χ1) is 7.15. The van der Waals surface area contributed by atoms with Gasteiger partial charge in [-0.1, -0.05) is 6.92 Å². The third kappa shape index (κ3) is 3.93. The van der Waals surface area contributed by atoms with Crippen LogP contribution < -0.4 is 5.32 Å². The maximum absolute atomic E-state index is 5.27. The van der Waals surface area contributed by atoms with E-state index in [4.69, 9.17) is 4.74 Å². The van der Waals surface area contributed by atoms with Gasteiger partial charge in [-0.3, -0.25) is 0 Å². The molecule has 3 atom stereocenters. The van der Waals surface area contributed by atoms with Crippen LogP contribution in [0.25, 0.3) is 0 Å². The molecular formula is C12H21NOS. The lowest BCUT2D eigenvalue weighted by Gasteiger charge is -2.22. The Labute approximate surface area is 96.7 Å². The Morgan fingerprint density at radius 1 is 1.40 bits per heavy atom. The van der Waals surface area contributed by atoms with Gasteiger partial charge in [-0.2, -0.15) is 11.3 Å². The van der Waals surface area contributed by atoms with Crippen molar-refractivity contribution in [1.82, 2.24) is 5.32 Å². The SMILES string of the molecule is COC(C)C(C)NCC(C)c1ccsc1. The average molecular weight is 227 g/mol. The second-order valence-electron chi connectivity index (χ2n) is 4.10. The van der Waals surface area contributed by atoms with Gasteiger partial charge in [-0.15, -0.1) is 0 Å². The van der Waals surface area contributed by atoms with Crippen LogP contribution in [0.15, 0.2) is 16.8 Å². The molecule has 0 saturated heterocycles. The standard InChI is InChI=1S/C12H21NOS/c1-9(12-5-6-15-8-12)7-13-10(2)11(3)14-4/h5-6,8-11,13H,7H2,1-4H3. The number of hydrogen-bond acceptors (Lipinski definition) is 3. The van der Waals surface area contributed by atoms with Crippen molar-refractivity contribution in [3.63, 3.8) is 0 Å². The number of thiophene rings is 1. The summed E-state index contributed by atoms with van der Waals surface area (Å²) in [5, 5.41) is 7.85. The molecule has 1 aromatic rings. The molecule has 0 aliphatic carbocycles. The van der Waals surface area contributed by atoms with E-state index in [2.05, 4.69) is 42.9 Å². The smallest absolute Gasteiger partial charge is 0.0693 e. The topological polar surface area (TPSA) is 21.3 Å². The van der Waals surface area contributed by atoms with Crippen molar-refractivity contribution in [3.8, 4) is 0 Å². The second-order valence-corrected chi connectivity index (χ2v) is 4.88. The zero-order chi connectivity index (χ0) is 11.3. The average Bonchev–Trinajstić information content (AvgIpc) is 2.77. The Kier molecular flexibility index (Phi) is 5.29. The van der Waals surface area contributed by atoms with Crippen LogP contribution in [-0.2, 0) is 4.74 Å². The highest BCUT2D eigenvalue weighted by Gasteiger charge is 2.12. The fourth-order valence-electron chi connectivity index (χ4n) is 1.41. The highest BCUT2D eigenvalue weighted by atomic mass is 32.1. The lowest BCUT2D eigenvalue weighted by atomic mass is 10.0. The van der Waals surface area contributed by atoms with E-state index in [-0.39, 0.29) is 6.10 Å². The minimum atomic E-state index is 0.264. The number of rotatable bonds is 6. The molecule has 1 heterocycles. The maximum Gasteiger partial charge on any atom is 0.0693 e. The summed E-state index contributed by atoms with van der Waals surface area (Å²) < 4.78 is 5.27. The van der Waals surface area contributed by atoms with E-state index >= 15 is 0 Å². The largest absolute Gasteiger partial charge is 0.380 e. The van der Waals surface area contributed by atoms with E-state index < -0.39 is 0 Å². The molecule has 0 amide bonds. The van der Waals surface area contributed by atoms with Crippen LogP contribution in [0.3, 0.4) is 0 Å². The highest BCUT2D eigenvalue weighted by molar-refractivity contribution is 7.07. The number of ether oxygens (including phenoxy) is 1. The van der Waals surface area contributed by atoms with Crippen LogP contribution in [0.4, 0.5) is 0 Å². The summed E-state index contributed by atoms with van der Waals surface area (Å²) in [6.07, 6.45) is 0.264. The van der Waals surface area contributed by atoms with Gasteiger partial charge in [0.2, 0.25) is 0 Å². The van der Waals surface area contributed by atoms with Crippen molar-refractivity contribution in [3.05, 3.63) is 22.4 Å². The molecular weight excluding hydrogens is 206 g/mol. The summed E-state index contributed by atoms with van der Waals surface area (Å²) in [6.45, 7) is 7.51. The third-order valence-corrected chi connectivity index (χ3v) is 3.64. The Hall–Kier alpha value is -0.380. The van der Waals surface area contributed by atoms with Crippen LogP contribution in [-0.4, -0.2) is 25.8 Å². The summed E-state index contributed by atoms with van der Waals surface area (Å²) in [7, 11) is 1.76. The van der Waals surface area contributed by atoms with Gasteiger partial charge in [-0.05, 0) is 42.2 Å². The van der Waals surface area contributed by atoms with Crippen molar-refractivity contribution < 1.29 is 4.74 Å². The van der Waals surface area contributed by atoms with E-state index in [1.54, 1.807) is 18.4 Å². The van der Waals surface area contributed by atoms with Crippen LogP contribution >= 0.6 is 11.3 Å². The van der Waals surface area contributed by atoms with Crippen molar-refractivity contribution in [2.24, 2.45) is 0 Å². The van der Waals surface area contributed by atoms with E-state index in [1.807, 2.05) is 0 Å². The zero-order valence-electron chi connectivity index (χ0n) is 9.99. The van der Waals surface area contributed by atoms with Gasteiger partial charge in [0, 0.05) is 19.7 Å². The lowest BCUT2D eigenvalue weighted by molar-refractivity contribution is 0.0884. The molecule has 0 fully saturated rings. The van der Waals surface area contributed by atoms with Gasteiger partial charge in [-0.25, -0.2) is 0 Å². The predicted molar refractivity (Wildman–Crippen MR) is 66.7 cm³/mol. The molecule has 0 saturated carbocycles. The van der Waals surface area contributed by atoms with Gasteiger partial charge in [0.1, 0.15) is 0 Å². The van der Waals surface area contributed by atoms with Crippen molar-refractivity contribution >= 4 is 11.3 Å². The Morgan fingerprint density at radius 3 is 2.67 bits per heavy atom. The molecule has 86 valence electrons. The normalized spacial score (nSPS) is 17.3. The van der Waals surface area contributed by atoms with Gasteiger partial charge in [0.25, 0.3) is 0 Å². The maximum atomic E-state index is 5.27. The van der Waals surface area contributed by atoms with Crippen LogP contribution in [0.5, 0.6) is 0 Å². The number of methoxy groups -OCH3 is 1. The molecule has 0 aliphatic heterocycles. The Balaban J connectivity index is 2.31. The highest BCUT2D eigenvalue weighted by Crippen LogP contribution is 2.17. The molecule has 3 unspecified atom stereocenters. The number of nitrogens with one attached hydrogen (secondary N) is 1. The summed E-state index contributed by atoms with van der Waals surface area (Å²) >= 11 is 1.76. The van der Waals surface area contributed by atoms with Gasteiger partial charge in [0.05, 0.1) is 6.10 Å². The second kappa shape index (κ2) is 6.26. The molecule has 1 rings (SSSR count). The molecule has 1 aromatic heterocycles. The summed E-state index contributed by atoms with van der Waals surface area (Å²) in [4.78, 5) is 0. The lowest BCUT2D eigenvalue weighted by Crippen LogP contribution is -2.38. The molecule has 0 spiro atoms. The summed E-state index contributed by atoms with van der Waals surface area (Å²) in [5.41, 5.74) is 1.42. The molecule has 2 nitrogen and oxygen atoms in total. The van der Waals surface area contributed by atoms with Crippen molar-refractivity contribution in [2.45, 2.75) is 38.8 Å². The predicted octanol–water partition coefficient (Wildman–Crippen LogP) is 2.86. The molecule has 0 aromatic carbocycles. The summed E-state index contributed by atoms with van der Waals surface area (Å²) in [6, 6.07) is 2.60. The first-order valence-corrected chi connectivity index (χ1v) is 6.37. The first kappa shape index (κ1) is 12.7. The van der Waals surface area contributed by atoms with Crippen LogP contribution in [0.1, 0.15) is 32.3 Å². The van der Waals surface area contributed by atoms with Crippen molar-refractivity contribution in [2.75, 3.05) is 13.7 Å². The summed E-state index contributed by atoms with van der Waals surface area (Å²) in [5.74, 6) is 0.572. The quantitative estimate of drug-likeness (QED) is 0.807. The zero-order valence-corrected chi connectivity index (χ0v) is 10.8.